The van der Waals surface area contributed by atoms with E-state index in [9.17, 15) is 9.59 Å². The SMILES string of the molecule is CC1(C)Cc2nc3oc4c(=O)n(CC(N)=O)cnc4c3cc2CO1. The zero-order valence-electron chi connectivity index (χ0n) is 13.3. The molecule has 0 bridgehead atoms. The number of nitrogens with zero attached hydrogens (tertiary/aromatic N) is 3. The van der Waals surface area contributed by atoms with Gasteiger partial charge in [0, 0.05) is 12.0 Å². The lowest BCUT2D eigenvalue weighted by Gasteiger charge is -2.30. The van der Waals surface area contributed by atoms with E-state index >= 15 is 0 Å². The monoisotopic (exact) mass is 328 g/mol. The van der Waals surface area contributed by atoms with Gasteiger partial charge in [-0.05, 0) is 19.9 Å². The Labute approximate surface area is 136 Å². The number of pyridine rings is 1. The first kappa shape index (κ1) is 14.8. The number of hydrogen-bond donors (Lipinski definition) is 1. The summed E-state index contributed by atoms with van der Waals surface area (Å²) in [4.78, 5) is 32.3. The van der Waals surface area contributed by atoms with Crippen LogP contribution in [0.2, 0.25) is 0 Å². The van der Waals surface area contributed by atoms with Crippen molar-refractivity contribution in [1.29, 1.82) is 0 Å². The van der Waals surface area contributed by atoms with Crippen molar-refractivity contribution >= 4 is 28.1 Å². The van der Waals surface area contributed by atoms with Crippen molar-refractivity contribution in [2.24, 2.45) is 5.73 Å². The van der Waals surface area contributed by atoms with Crippen LogP contribution in [0, 0.1) is 0 Å². The Morgan fingerprint density at radius 1 is 1.46 bits per heavy atom. The van der Waals surface area contributed by atoms with Crippen molar-refractivity contribution in [2.45, 2.75) is 39.0 Å². The second-order valence-corrected chi connectivity index (χ2v) is 6.60. The van der Waals surface area contributed by atoms with Crippen molar-refractivity contribution in [2.75, 3.05) is 0 Å². The highest BCUT2D eigenvalue weighted by Crippen LogP contribution is 2.31. The first-order valence-electron chi connectivity index (χ1n) is 7.57. The molecule has 0 unspecified atom stereocenters. The molecular formula is C16H16N4O4. The van der Waals surface area contributed by atoms with Gasteiger partial charge in [0.25, 0.3) is 5.56 Å². The molecule has 1 amide bonds. The Kier molecular flexibility index (Phi) is 3.01. The predicted molar refractivity (Wildman–Crippen MR) is 85.3 cm³/mol. The molecule has 0 saturated carbocycles. The quantitative estimate of drug-likeness (QED) is 0.747. The van der Waals surface area contributed by atoms with E-state index in [1.807, 2.05) is 19.9 Å². The third kappa shape index (κ3) is 2.26. The van der Waals surface area contributed by atoms with Gasteiger partial charge in [0.2, 0.25) is 17.2 Å². The minimum Gasteiger partial charge on any atom is -0.430 e. The molecule has 1 aliphatic heterocycles. The zero-order chi connectivity index (χ0) is 17.1. The first-order chi connectivity index (χ1) is 11.3. The number of ether oxygens (including phenoxy) is 1. The molecule has 0 fully saturated rings. The molecule has 3 aromatic rings. The molecule has 0 radical (unpaired) electrons. The van der Waals surface area contributed by atoms with Crippen LogP contribution in [0.4, 0.5) is 0 Å². The largest absolute Gasteiger partial charge is 0.430 e. The number of carbonyl (C=O) groups is 1. The second kappa shape index (κ2) is 4.88. The third-order valence-corrected chi connectivity index (χ3v) is 4.14. The van der Waals surface area contributed by atoms with Crippen LogP contribution < -0.4 is 11.3 Å². The molecule has 0 spiro atoms. The molecule has 0 atom stereocenters. The number of furan rings is 1. The normalized spacial score (nSPS) is 16.4. The standard InChI is InChI=1S/C16H16N4O4/c1-16(2)4-10-8(6-23-16)3-9-12-13(24-14(9)19-10)15(22)20(7-18-12)5-11(17)21/h3,7H,4-6H2,1-2H3,(H2,17,21). The Morgan fingerprint density at radius 3 is 3.00 bits per heavy atom. The minimum absolute atomic E-state index is 0.0729. The Balaban J connectivity index is 1.94. The average molecular weight is 328 g/mol. The summed E-state index contributed by atoms with van der Waals surface area (Å²) in [5.74, 6) is -0.623. The highest BCUT2D eigenvalue weighted by molar-refractivity contribution is 6.00. The molecule has 0 aromatic carbocycles. The van der Waals surface area contributed by atoms with Gasteiger partial charge >= 0.3 is 0 Å². The van der Waals surface area contributed by atoms with E-state index in [0.29, 0.717) is 29.6 Å². The van der Waals surface area contributed by atoms with Gasteiger partial charge in [-0.1, -0.05) is 0 Å². The van der Waals surface area contributed by atoms with Gasteiger partial charge in [0.15, 0.2) is 0 Å². The molecule has 4 heterocycles. The molecule has 8 heteroatoms. The van der Waals surface area contributed by atoms with Crippen molar-refractivity contribution < 1.29 is 13.9 Å². The van der Waals surface area contributed by atoms with Crippen LogP contribution in [0.5, 0.6) is 0 Å². The fourth-order valence-electron chi connectivity index (χ4n) is 2.96. The van der Waals surface area contributed by atoms with E-state index < -0.39 is 11.5 Å². The summed E-state index contributed by atoms with van der Waals surface area (Å²) in [5, 5.41) is 0.662. The van der Waals surface area contributed by atoms with Crippen LogP contribution in [0.25, 0.3) is 22.2 Å². The van der Waals surface area contributed by atoms with Crippen LogP contribution in [0.3, 0.4) is 0 Å². The Morgan fingerprint density at radius 2 is 2.25 bits per heavy atom. The molecule has 124 valence electrons. The van der Waals surface area contributed by atoms with Crippen LogP contribution in [-0.4, -0.2) is 26.0 Å². The summed E-state index contributed by atoms with van der Waals surface area (Å²) >= 11 is 0. The van der Waals surface area contributed by atoms with Gasteiger partial charge in [-0.3, -0.25) is 14.2 Å². The van der Waals surface area contributed by atoms with Gasteiger partial charge in [0.1, 0.15) is 12.1 Å². The lowest BCUT2D eigenvalue weighted by atomic mass is 9.95. The highest BCUT2D eigenvalue weighted by Gasteiger charge is 2.28. The van der Waals surface area contributed by atoms with E-state index in [4.69, 9.17) is 14.9 Å². The van der Waals surface area contributed by atoms with Crippen molar-refractivity contribution in [3.63, 3.8) is 0 Å². The molecular weight excluding hydrogens is 312 g/mol. The number of primary amides is 1. The highest BCUT2D eigenvalue weighted by atomic mass is 16.5. The van der Waals surface area contributed by atoms with Gasteiger partial charge in [-0.15, -0.1) is 0 Å². The van der Waals surface area contributed by atoms with E-state index in [0.717, 1.165) is 15.8 Å². The van der Waals surface area contributed by atoms with Crippen molar-refractivity contribution in [3.05, 3.63) is 34.0 Å². The fourth-order valence-corrected chi connectivity index (χ4v) is 2.96. The number of amides is 1. The summed E-state index contributed by atoms with van der Waals surface area (Å²) in [6.45, 7) is 4.22. The smallest absolute Gasteiger partial charge is 0.297 e. The average Bonchev–Trinajstić information content (AvgIpc) is 2.85. The van der Waals surface area contributed by atoms with E-state index in [2.05, 4.69) is 9.97 Å². The second-order valence-electron chi connectivity index (χ2n) is 6.60. The third-order valence-electron chi connectivity index (χ3n) is 4.14. The number of carbonyl (C=O) groups excluding carboxylic acids is 1. The molecule has 8 nitrogen and oxygen atoms in total. The molecule has 1 aliphatic rings. The number of rotatable bonds is 2. The van der Waals surface area contributed by atoms with E-state index in [1.165, 1.54) is 6.33 Å². The number of aromatic nitrogens is 3. The van der Waals surface area contributed by atoms with Crippen molar-refractivity contribution in [3.8, 4) is 0 Å². The molecule has 2 N–H and O–H groups in total. The molecule has 0 saturated heterocycles. The first-order valence-corrected chi connectivity index (χ1v) is 7.57. The summed E-state index contributed by atoms with van der Waals surface area (Å²) in [6, 6.07) is 1.91. The summed E-state index contributed by atoms with van der Waals surface area (Å²) < 4.78 is 12.6. The topological polar surface area (TPSA) is 113 Å². The number of nitrogens with two attached hydrogens (primary N) is 1. The van der Waals surface area contributed by atoms with Crippen LogP contribution in [-0.2, 0) is 29.1 Å². The maximum absolute atomic E-state index is 12.4. The van der Waals surface area contributed by atoms with Crippen LogP contribution in [0.15, 0.2) is 21.6 Å². The number of hydrogen-bond acceptors (Lipinski definition) is 6. The summed E-state index contributed by atoms with van der Waals surface area (Å²) in [7, 11) is 0. The maximum Gasteiger partial charge on any atom is 0.297 e. The Bertz CT molecular complexity index is 1050. The van der Waals surface area contributed by atoms with Crippen LogP contribution in [0.1, 0.15) is 25.1 Å². The number of fused-ring (bicyclic) bond motifs is 4. The zero-order valence-corrected chi connectivity index (χ0v) is 13.3. The van der Waals surface area contributed by atoms with Gasteiger partial charge in [-0.25, -0.2) is 9.97 Å². The Hall–Kier alpha value is -2.74. The minimum atomic E-state index is -0.623. The molecule has 3 aromatic heterocycles. The fraction of sp³-hybridized carbons (Fsp3) is 0.375. The lowest BCUT2D eigenvalue weighted by molar-refractivity contribution is -0.118. The maximum atomic E-state index is 12.4. The predicted octanol–water partition coefficient (Wildman–Crippen LogP) is 0.874. The molecule has 0 aliphatic carbocycles. The van der Waals surface area contributed by atoms with Gasteiger partial charge < -0.3 is 14.9 Å². The van der Waals surface area contributed by atoms with Gasteiger partial charge in [0.05, 0.1) is 29.6 Å². The van der Waals surface area contributed by atoms with E-state index in [-0.39, 0.29) is 17.7 Å². The van der Waals surface area contributed by atoms with Crippen LogP contribution >= 0.6 is 0 Å². The molecule has 24 heavy (non-hydrogen) atoms. The lowest BCUT2D eigenvalue weighted by Crippen LogP contribution is -2.32. The van der Waals surface area contributed by atoms with Gasteiger partial charge in [-0.2, -0.15) is 0 Å². The summed E-state index contributed by atoms with van der Waals surface area (Å²) in [6.07, 6.45) is 1.96. The summed E-state index contributed by atoms with van der Waals surface area (Å²) in [5.41, 5.74) is 7.13. The molecule has 4 rings (SSSR count). The van der Waals surface area contributed by atoms with E-state index in [1.54, 1.807) is 0 Å². The van der Waals surface area contributed by atoms with Crippen molar-refractivity contribution in [1.82, 2.24) is 14.5 Å².